The van der Waals surface area contributed by atoms with Crippen LogP contribution in [0.2, 0.25) is 10.0 Å². The summed E-state index contributed by atoms with van der Waals surface area (Å²) >= 11 is 12.7. The lowest BCUT2D eigenvalue weighted by atomic mass is 9.82. The van der Waals surface area contributed by atoms with Crippen LogP contribution < -0.4 is 15.4 Å². The molecule has 1 amide bonds. The normalized spacial score (nSPS) is 12.4. The van der Waals surface area contributed by atoms with Gasteiger partial charge in [-0.1, -0.05) is 50.0 Å². The van der Waals surface area contributed by atoms with Crippen molar-refractivity contribution in [1.82, 2.24) is 0 Å². The van der Waals surface area contributed by atoms with Gasteiger partial charge in [0.15, 0.2) is 0 Å². The Morgan fingerprint density at radius 3 is 2.16 bits per heavy atom. The fourth-order valence-corrected chi connectivity index (χ4v) is 4.84. The van der Waals surface area contributed by atoms with Crippen LogP contribution in [-0.2, 0) is 20.2 Å². The minimum Gasteiger partial charge on any atom is -0.378 e. The average Bonchev–Trinajstić information content (AvgIpc) is 2.80. The lowest BCUT2D eigenvalue weighted by Crippen LogP contribution is -2.28. The minimum absolute atomic E-state index is 0.00823. The lowest BCUT2D eigenvalue weighted by molar-refractivity contribution is -0.110. The number of nitrogens with two attached hydrogens (primary N) is 1. The molecular formula is C28H32Cl2N4O3S. The van der Waals surface area contributed by atoms with Crippen molar-refractivity contribution in [1.29, 1.82) is 0 Å². The number of hydrogen-bond acceptors (Lipinski definition) is 5. The number of halogens is 2. The molecule has 0 aromatic heterocycles. The summed E-state index contributed by atoms with van der Waals surface area (Å²) in [4.78, 5) is 20.5. The number of nitrogens with zero attached hydrogens (tertiary/aromatic N) is 2. The number of hydrogen-bond donors (Lipinski definition) is 2. The number of carbonyl (C=O) groups is 1. The molecule has 202 valence electrons. The quantitative estimate of drug-likeness (QED) is 0.333. The number of carbonyl (C=O) groups excluding carboxylic acids is 1. The molecule has 0 saturated heterocycles. The number of sulfonamides is 1. The van der Waals surface area contributed by atoms with E-state index < -0.39 is 21.3 Å². The summed E-state index contributed by atoms with van der Waals surface area (Å²) in [6.07, 6.45) is 0. The summed E-state index contributed by atoms with van der Waals surface area (Å²) in [5.74, 6) is -0.583. The summed E-state index contributed by atoms with van der Waals surface area (Å²) in [5.41, 5.74) is 4.03. The molecule has 7 nitrogen and oxygen atoms in total. The van der Waals surface area contributed by atoms with Gasteiger partial charge >= 0.3 is 0 Å². The first-order valence-electron chi connectivity index (χ1n) is 11.8. The molecular weight excluding hydrogens is 543 g/mol. The monoisotopic (exact) mass is 574 g/mol. The van der Waals surface area contributed by atoms with E-state index in [2.05, 4.69) is 5.32 Å². The molecule has 3 rings (SSSR count). The van der Waals surface area contributed by atoms with Crippen molar-refractivity contribution in [3.8, 4) is 0 Å². The number of aryl methyl sites for hydroxylation is 2. The van der Waals surface area contributed by atoms with Crippen LogP contribution in [0.3, 0.4) is 0 Å². The van der Waals surface area contributed by atoms with Crippen molar-refractivity contribution in [3.63, 3.8) is 0 Å². The van der Waals surface area contributed by atoms with Crippen LogP contribution in [0.25, 0.3) is 0 Å². The molecule has 3 aromatic carbocycles. The first-order valence-corrected chi connectivity index (χ1v) is 14.1. The van der Waals surface area contributed by atoms with Crippen LogP contribution in [0.15, 0.2) is 58.4 Å². The molecule has 0 heterocycles. The SMILES string of the molecule is Cc1cc(Cl)c(NC(=O)C(=Nc2ccc(N(C)C)cc2C)c2cc(S(N)(=O)=O)ccc2C(C)(C)C)cc1Cl. The largest absolute Gasteiger partial charge is 0.378 e. The van der Waals surface area contributed by atoms with Crippen LogP contribution in [0.4, 0.5) is 17.1 Å². The van der Waals surface area contributed by atoms with Crippen molar-refractivity contribution in [2.24, 2.45) is 10.1 Å². The highest BCUT2D eigenvalue weighted by Crippen LogP contribution is 2.33. The molecule has 0 bridgehead atoms. The first kappa shape index (κ1) is 29.6. The third-order valence-corrected chi connectivity index (χ3v) is 7.65. The van der Waals surface area contributed by atoms with E-state index in [0.717, 1.165) is 22.4 Å². The third-order valence-electron chi connectivity index (χ3n) is 6.02. The van der Waals surface area contributed by atoms with E-state index in [9.17, 15) is 13.2 Å². The van der Waals surface area contributed by atoms with Crippen molar-refractivity contribution >= 4 is 61.9 Å². The molecule has 0 aliphatic carbocycles. The Morgan fingerprint density at radius 2 is 1.61 bits per heavy atom. The zero-order valence-electron chi connectivity index (χ0n) is 22.5. The summed E-state index contributed by atoms with van der Waals surface area (Å²) in [7, 11) is -0.186. The molecule has 3 aromatic rings. The highest BCUT2D eigenvalue weighted by Gasteiger charge is 2.27. The van der Waals surface area contributed by atoms with Gasteiger partial charge in [0.05, 0.1) is 21.3 Å². The van der Waals surface area contributed by atoms with Gasteiger partial charge in [0.25, 0.3) is 5.91 Å². The predicted molar refractivity (Wildman–Crippen MR) is 158 cm³/mol. The molecule has 0 aliphatic heterocycles. The molecule has 0 aliphatic rings. The standard InChI is InChI=1S/C28H32Cl2N4O3S/c1-16-13-23(30)25(15-22(16)29)33-27(35)26(32-24-11-8-18(34(6)7)12-17(24)2)20-14-19(38(31,36)37)9-10-21(20)28(3,4)5/h8-15H,1-7H3,(H,33,35)(H2,31,36,37). The fourth-order valence-electron chi connectivity index (χ4n) is 3.87. The van der Waals surface area contributed by atoms with Gasteiger partial charge in [-0.15, -0.1) is 0 Å². The van der Waals surface area contributed by atoms with Gasteiger partial charge in [-0.2, -0.15) is 0 Å². The highest BCUT2D eigenvalue weighted by atomic mass is 35.5. The molecule has 0 spiro atoms. The highest BCUT2D eigenvalue weighted by molar-refractivity contribution is 7.89. The molecule has 38 heavy (non-hydrogen) atoms. The van der Waals surface area contributed by atoms with Crippen LogP contribution in [0.5, 0.6) is 0 Å². The van der Waals surface area contributed by atoms with Gasteiger partial charge in [-0.05, 0) is 78.4 Å². The topological polar surface area (TPSA) is 105 Å². The van der Waals surface area contributed by atoms with Gasteiger partial charge in [-0.3, -0.25) is 4.79 Å². The Morgan fingerprint density at radius 1 is 0.947 bits per heavy atom. The molecule has 0 unspecified atom stereocenters. The van der Waals surface area contributed by atoms with Crippen LogP contribution >= 0.6 is 23.2 Å². The second-order valence-corrected chi connectivity index (χ2v) is 12.7. The Hall–Kier alpha value is -2.91. The Labute approximate surface area is 234 Å². The van der Waals surface area contributed by atoms with E-state index in [1.54, 1.807) is 25.1 Å². The van der Waals surface area contributed by atoms with Gasteiger partial charge in [0.2, 0.25) is 10.0 Å². The van der Waals surface area contributed by atoms with Gasteiger partial charge < -0.3 is 10.2 Å². The summed E-state index contributed by atoms with van der Waals surface area (Å²) in [6.45, 7) is 9.59. The number of benzene rings is 3. The second kappa shape index (κ2) is 11.1. The van der Waals surface area contributed by atoms with E-state index in [1.807, 2.05) is 64.9 Å². The Kier molecular flexibility index (Phi) is 8.63. The number of aliphatic imine (C=N–C) groups is 1. The zero-order valence-corrected chi connectivity index (χ0v) is 24.8. The van der Waals surface area contributed by atoms with Gasteiger partial charge in [0.1, 0.15) is 5.71 Å². The summed E-state index contributed by atoms with van der Waals surface area (Å²) in [6, 6.07) is 13.4. The van der Waals surface area contributed by atoms with E-state index in [0.29, 0.717) is 27.0 Å². The molecule has 0 saturated carbocycles. The minimum atomic E-state index is -4.05. The average molecular weight is 576 g/mol. The molecule has 3 N–H and O–H groups in total. The number of nitrogens with one attached hydrogen (secondary N) is 1. The van der Waals surface area contributed by atoms with Crippen molar-refractivity contribution in [2.75, 3.05) is 24.3 Å². The van der Waals surface area contributed by atoms with Crippen LogP contribution in [0.1, 0.15) is 43.0 Å². The van der Waals surface area contributed by atoms with Gasteiger partial charge in [0, 0.05) is 30.4 Å². The van der Waals surface area contributed by atoms with Crippen LogP contribution in [-0.4, -0.2) is 34.1 Å². The number of rotatable bonds is 6. The zero-order chi connectivity index (χ0) is 28.6. The molecule has 0 radical (unpaired) electrons. The van der Waals surface area contributed by atoms with Gasteiger partial charge in [-0.25, -0.2) is 18.5 Å². The van der Waals surface area contributed by atoms with E-state index in [-0.39, 0.29) is 10.6 Å². The third kappa shape index (κ3) is 6.74. The second-order valence-electron chi connectivity index (χ2n) is 10.4. The maximum Gasteiger partial charge on any atom is 0.274 e. The van der Waals surface area contributed by atoms with Crippen molar-refractivity contribution < 1.29 is 13.2 Å². The number of primary sulfonamides is 1. The molecule has 0 fully saturated rings. The van der Waals surface area contributed by atoms with E-state index in [1.165, 1.54) is 12.1 Å². The lowest BCUT2D eigenvalue weighted by Gasteiger charge is -2.24. The predicted octanol–water partition coefficient (Wildman–Crippen LogP) is 6.38. The fraction of sp³-hybridized carbons (Fsp3) is 0.286. The number of amides is 1. The van der Waals surface area contributed by atoms with E-state index >= 15 is 0 Å². The Balaban J connectivity index is 2.31. The maximum absolute atomic E-state index is 13.9. The Bertz CT molecular complexity index is 1540. The summed E-state index contributed by atoms with van der Waals surface area (Å²) < 4.78 is 24.5. The first-order chi connectivity index (χ1) is 17.5. The smallest absolute Gasteiger partial charge is 0.274 e. The van der Waals surface area contributed by atoms with Crippen molar-refractivity contribution in [2.45, 2.75) is 44.9 Å². The van der Waals surface area contributed by atoms with Crippen molar-refractivity contribution in [3.05, 3.63) is 80.8 Å². The maximum atomic E-state index is 13.9. The number of anilines is 2. The summed E-state index contributed by atoms with van der Waals surface area (Å²) in [5, 5.41) is 9.00. The molecule has 10 heteroatoms. The van der Waals surface area contributed by atoms with E-state index in [4.69, 9.17) is 33.3 Å². The molecule has 0 atom stereocenters. The van der Waals surface area contributed by atoms with Crippen LogP contribution in [0, 0.1) is 13.8 Å².